The largest absolute Gasteiger partial charge is 0.368 e. The lowest BCUT2D eigenvalue weighted by Crippen LogP contribution is -2.47. The summed E-state index contributed by atoms with van der Waals surface area (Å²) in [6.07, 6.45) is 6.28. The highest BCUT2D eigenvalue weighted by molar-refractivity contribution is 5.98. The van der Waals surface area contributed by atoms with Gasteiger partial charge in [-0.2, -0.15) is 15.0 Å². The maximum Gasteiger partial charge on any atom is 0.233 e. The summed E-state index contributed by atoms with van der Waals surface area (Å²) in [5, 5.41) is 3.18. The van der Waals surface area contributed by atoms with Crippen LogP contribution in [0.3, 0.4) is 0 Å². The minimum atomic E-state index is 0.0318. The molecule has 4 heterocycles. The minimum Gasteiger partial charge on any atom is -0.368 e. The van der Waals surface area contributed by atoms with Crippen molar-refractivity contribution in [2.45, 2.75) is 19.8 Å². The van der Waals surface area contributed by atoms with Crippen LogP contribution >= 0.6 is 0 Å². The zero-order valence-corrected chi connectivity index (χ0v) is 20.2. The molecule has 1 aromatic carbocycles. The van der Waals surface area contributed by atoms with Gasteiger partial charge >= 0.3 is 0 Å². The van der Waals surface area contributed by atoms with Gasteiger partial charge in [-0.1, -0.05) is 37.3 Å². The number of ketones is 1. The number of hydrogen-bond acceptors (Lipinski definition) is 9. The number of aromatic nitrogens is 5. The topological polar surface area (TPSA) is 100 Å². The first-order valence-electron chi connectivity index (χ1n) is 12.1. The Labute approximate surface area is 210 Å². The van der Waals surface area contributed by atoms with Gasteiger partial charge in [0, 0.05) is 68.9 Å². The van der Waals surface area contributed by atoms with Gasteiger partial charge in [0.25, 0.3) is 0 Å². The molecular formula is C27H28N8O. The van der Waals surface area contributed by atoms with Gasteiger partial charge in [0.2, 0.25) is 11.9 Å². The van der Waals surface area contributed by atoms with Gasteiger partial charge in [0.1, 0.15) is 11.6 Å². The Kier molecular flexibility index (Phi) is 7.07. The second-order valence-corrected chi connectivity index (χ2v) is 8.55. The summed E-state index contributed by atoms with van der Waals surface area (Å²) in [4.78, 5) is 39.7. The molecule has 0 bridgehead atoms. The van der Waals surface area contributed by atoms with Gasteiger partial charge in [-0.3, -0.25) is 9.78 Å². The molecule has 1 aliphatic heterocycles. The van der Waals surface area contributed by atoms with Gasteiger partial charge in [0.05, 0.1) is 0 Å². The first-order chi connectivity index (χ1) is 17.7. The van der Waals surface area contributed by atoms with Crippen molar-refractivity contribution < 1.29 is 4.79 Å². The highest BCUT2D eigenvalue weighted by atomic mass is 16.1. The Hall–Kier alpha value is -4.40. The quantitative estimate of drug-likeness (QED) is 0.378. The van der Waals surface area contributed by atoms with Crippen LogP contribution < -0.4 is 15.1 Å². The first-order valence-corrected chi connectivity index (χ1v) is 12.1. The van der Waals surface area contributed by atoms with E-state index in [1.807, 2.05) is 61.8 Å². The molecule has 9 heteroatoms. The monoisotopic (exact) mass is 480 g/mol. The molecule has 0 aliphatic carbocycles. The Bertz CT molecular complexity index is 1310. The van der Waals surface area contributed by atoms with E-state index in [4.69, 9.17) is 0 Å². The first kappa shape index (κ1) is 23.3. The van der Waals surface area contributed by atoms with E-state index in [2.05, 4.69) is 40.0 Å². The number of carbonyl (C=O) groups is 1. The van der Waals surface area contributed by atoms with Crippen LogP contribution in [0.4, 0.5) is 23.4 Å². The number of hydrogen-bond donors (Lipinski definition) is 1. The number of piperazine rings is 1. The fourth-order valence-electron chi connectivity index (χ4n) is 4.15. The number of nitrogens with zero attached hydrogens (tertiary/aromatic N) is 7. The molecule has 3 aromatic heterocycles. The van der Waals surface area contributed by atoms with Crippen LogP contribution in [-0.4, -0.2) is 56.9 Å². The van der Waals surface area contributed by atoms with Gasteiger partial charge in [-0.25, -0.2) is 4.98 Å². The number of anilines is 4. The summed E-state index contributed by atoms with van der Waals surface area (Å²) in [5.41, 5.74) is 2.74. The summed E-state index contributed by atoms with van der Waals surface area (Å²) >= 11 is 0. The maximum absolute atomic E-state index is 12.8. The summed E-state index contributed by atoms with van der Waals surface area (Å²) in [7, 11) is 0. The van der Waals surface area contributed by atoms with Crippen LogP contribution in [0.5, 0.6) is 0 Å². The van der Waals surface area contributed by atoms with E-state index in [1.165, 1.54) is 5.69 Å². The van der Waals surface area contributed by atoms with Crippen molar-refractivity contribution in [3.8, 4) is 0 Å². The van der Waals surface area contributed by atoms with Crippen molar-refractivity contribution in [1.29, 1.82) is 0 Å². The lowest BCUT2D eigenvalue weighted by molar-refractivity contribution is 0.0993. The van der Waals surface area contributed by atoms with Gasteiger partial charge in [0.15, 0.2) is 5.78 Å². The number of nitrogens with one attached hydrogen (secondary N) is 1. The Morgan fingerprint density at radius 1 is 0.889 bits per heavy atom. The van der Waals surface area contributed by atoms with Crippen LogP contribution in [0.25, 0.3) is 0 Å². The molecule has 0 radical (unpaired) electrons. The maximum atomic E-state index is 12.8. The highest BCUT2D eigenvalue weighted by Crippen LogP contribution is 2.20. The normalized spacial score (nSPS) is 13.5. The molecule has 36 heavy (non-hydrogen) atoms. The van der Waals surface area contributed by atoms with Crippen LogP contribution in [-0.2, 0) is 12.8 Å². The third-order valence-corrected chi connectivity index (χ3v) is 6.11. The Morgan fingerprint density at radius 3 is 2.39 bits per heavy atom. The number of carbonyl (C=O) groups excluding carboxylic acids is 1. The molecule has 1 fully saturated rings. The predicted molar refractivity (Wildman–Crippen MR) is 140 cm³/mol. The predicted octanol–water partition coefficient (Wildman–Crippen LogP) is 3.72. The SMILES string of the molecule is CCc1nc(Nc2cc(C(=O)Cc3ccccc3)ccn2)nc(N2CCN(c3ccncc3)CC2)n1. The lowest BCUT2D eigenvalue weighted by Gasteiger charge is -2.36. The van der Waals surface area contributed by atoms with E-state index in [0.29, 0.717) is 41.9 Å². The zero-order valence-electron chi connectivity index (χ0n) is 20.2. The molecular weight excluding hydrogens is 452 g/mol. The second-order valence-electron chi connectivity index (χ2n) is 8.55. The van der Waals surface area contributed by atoms with Crippen molar-refractivity contribution >= 4 is 29.2 Å². The van der Waals surface area contributed by atoms with Crippen molar-refractivity contribution in [1.82, 2.24) is 24.9 Å². The molecule has 0 unspecified atom stereocenters. The van der Waals surface area contributed by atoms with Gasteiger partial charge in [-0.15, -0.1) is 0 Å². The fraction of sp³-hybridized carbons (Fsp3) is 0.259. The van der Waals surface area contributed by atoms with Crippen LogP contribution in [0.2, 0.25) is 0 Å². The summed E-state index contributed by atoms with van der Waals surface area (Å²) in [5.74, 6) is 2.33. The highest BCUT2D eigenvalue weighted by Gasteiger charge is 2.21. The Balaban J connectivity index is 1.29. The molecule has 1 aliphatic rings. The van der Waals surface area contributed by atoms with Crippen molar-refractivity contribution in [2.75, 3.05) is 41.3 Å². The van der Waals surface area contributed by atoms with Crippen LogP contribution in [0.15, 0.2) is 73.2 Å². The molecule has 1 saturated heterocycles. The average Bonchev–Trinajstić information content (AvgIpc) is 2.94. The summed E-state index contributed by atoms with van der Waals surface area (Å²) < 4.78 is 0. The molecule has 182 valence electrons. The zero-order chi connectivity index (χ0) is 24.7. The molecule has 0 amide bonds. The van der Waals surface area contributed by atoms with E-state index in [9.17, 15) is 4.79 Å². The second kappa shape index (κ2) is 10.9. The molecule has 0 saturated carbocycles. The molecule has 0 atom stereocenters. The number of aryl methyl sites for hydroxylation is 1. The van der Waals surface area contributed by atoms with E-state index < -0.39 is 0 Å². The van der Waals surface area contributed by atoms with Crippen molar-refractivity contribution in [3.05, 3.63) is 90.1 Å². The number of benzene rings is 1. The summed E-state index contributed by atoms with van der Waals surface area (Å²) in [6.45, 7) is 5.36. The third-order valence-electron chi connectivity index (χ3n) is 6.11. The third kappa shape index (κ3) is 5.63. The lowest BCUT2D eigenvalue weighted by atomic mass is 10.0. The minimum absolute atomic E-state index is 0.0318. The van der Waals surface area contributed by atoms with Crippen LogP contribution in [0, 0.1) is 0 Å². The molecule has 0 spiro atoms. The molecule has 1 N–H and O–H groups in total. The average molecular weight is 481 g/mol. The fourth-order valence-corrected chi connectivity index (χ4v) is 4.15. The van der Waals surface area contributed by atoms with E-state index in [0.717, 1.165) is 31.7 Å². The van der Waals surface area contributed by atoms with E-state index >= 15 is 0 Å². The number of rotatable bonds is 8. The van der Waals surface area contributed by atoms with Gasteiger partial charge in [-0.05, 0) is 29.8 Å². The van der Waals surface area contributed by atoms with Crippen molar-refractivity contribution in [2.24, 2.45) is 0 Å². The molecule has 5 rings (SSSR count). The molecule has 9 nitrogen and oxygen atoms in total. The Morgan fingerprint density at radius 2 is 1.64 bits per heavy atom. The van der Waals surface area contributed by atoms with Gasteiger partial charge < -0.3 is 15.1 Å². The number of Topliss-reactive ketones (excluding diaryl/α,β-unsaturated/α-hetero) is 1. The van der Waals surface area contributed by atoms with E-state index in [1.54, 1.807) is 18.3 Å². The summed E-state index contributed by atoms with van der Waals surface area (Å²) in [6, 6.07) is 17.2. The smallest absolute Gasteiger partial charge is 0.233 e. The molecule has 4 aromatic rings. The standard InChI is InChI=1S/C27H28N8O/c1-2-24-30-26(31-25-19-21(8-13-29-25)23(36)18-20-6-4-3-5-7-20)33-27(32-24)35-16-14-34(15-17-35)22-9-11-28-12-10-22/h3-13,19H,2,14-18H2,1H3,(H,29,30,31,32,33). The number of pyridine rings is 2. The van der Waals surface area contributed by atoms with Crippen LogP contribution in [0.1, 0.15) is 28.7 Å². The van der Waals surface area contributed by atoms with Crippen molar-refractivity contribution in [3.63, 3.8) is 0 Å². The van der Waals surface area contributed by atoms with E-state index in [-0.39, 0.29) is 5.78 Å².